The first-order valence-electron chi connectivity index (χ1n) is 7.10. The average Bonchev–Trinajstić information content (AvgIpc) is 3.01. The Morgan fingerprint density at radius 1 is 1.20 bits per heavy atom. The van der Waals surface area contributed by atoms with E-state index in [1.54, 1.807) is 41.2 Å². The second-order valence-electron chi connectivity index (χ2n) is 5.38. The van der Waals surface area contributed by atoms with Crippen molar-refractivity contribution in [1.82, 2.24) is 34.1 Å². The van der Waals surface area contributed by atoms with Crippen LogP contribution < -0.4 is 26.7 Å². The summed E-state index contributed by atoms with van der Waals surface area (Å²) in [6.45, 7) is 0. The number of H-pyrrole nitrogens is 1. The van der Waals surface area contributed by atoms with Crippen molar-refractivity contribution in [3.8, 4) is 5.88 Å². The van der Waals surface area contributed by atoms with E-state index in [0.29, 0.717) is 22.3 Å². The molecule has 4 rings (SSSR count). The fourth-order valence-electron chi connectivity index (χ4n) is 2.40. The van der Waals surface area contributed by atoms with Gasteiger partial charge in [-0.25, -0.2) is 14.5 Å². The topological polar surface area (TPSA) is 173 Å². The van der Waals surface area contributed by atoms with Crippen molar-refractivity contribution < 1.29 is 9.67 Å². The van der Waals surface area contributed by atoms with Gasteiger partial charge in [0.15, 0.2) is 23.0 Å². The van der Waals surface area contributed by atoms with Crippen molar-refractivity contribution >= 4 is 34.2 Å². The summed E-state index contributed by atoms with van der Waals surface area (Å²) in [6.07, 6.45) is 3.27. The van der Waals surface area contributed by atoms with Crippen molar-refractivity contribution in [3.05, 3.63) is 23.0 Å². The summed E-state index contributed by atoms with van der Waals surface area (Å²) in [5.74, 6) is -0.221. The number of nitrogen functional groups attached to an aromatic ring is 2. The molecule has 0 saturated heterocycles. The SMILES string of the molecule is Cn1c[n+](C)c2nc(N)nc([O-])c21.Cn1cnc2c(=O)[nH]c(N)nc21. The Kier molecular flexibility index (Phi) is 3.71. The van der Waals surface area contributed by atoms with Crippen molar-refractivity contribution in [2.45, 2.75) is 0 Å². The van der Waals surface area contributed by atoms with Crippen LogP contribution in [0.2, 0.25) is 0 Å². The zero-order valence-corrected chi connectivity index (χ0v) is 13.8. The minimum atomic E-state index is -0.342. The van der Waals surface area contributed by atoms with Gasteiger partial charge in [-0.15, -0.1) is 0 Å². The molecule has 0 unspecified atom stereocenters. The standard InChI is InChI=1S/C7H9N5O.C6H7N5O/c1-11-3-12(2)5-4(11)6(13)10-7(8)9-5;1-11-2-8-3-4(11)9-6(7)10-5(3)12/h3H,1-2H3,(H2-,8,9,10,13);2H,1H3,(H3,7,9,10,12). The first-order valence-corrected chi connectivity index (χ1v) is 7.10. The van der Waals surface area contributed by atoms with Gasteiger partial charge < -0.3 is 21.1 Å². The molecule has 4 aromatic rings. The summed E-state index contributed by atoms with van der Waals surface area (Å²) < 4.78 is 5.05. The van der Waals surface area contributed by atoms with E-state index in [1.807, 2.05) is 0 Å². The molecule has 130 valence electrons. The van der Waals surface area contributed by atoms with Crippen LogP contribution in [0.25, 0.3) is 22.3 Å². The Morgan fingerprint density at radius 2 is 1.92 bits per heavy atom. The number of anilines is 2. The summed E-state index contributed by atoms with van der Waals surface area (Å²) in [5, 5.41) is 11.4. The van der Waals surface area contributed by atoms with Gasteiger partial charge in [0.25, 0.3) is 11.5 Å². The smallest absolute Gasteiger partial charge is 0.306 e. The molecule has 0 aromatic carbocycles. The molecular weight excluding hydrogens is 328 g/mol. The largest absolute Gasteiger partial charge is 0.856 e. The zero-order valence-electron chi connectivity index (χ0n) is 13.8. The van der Waals surface area contributed by atoms with E-state index in [9.17, 15) is 9.90 Å². The number of aromatic amines is 1. The van der Waals surface area contributed by atoms with Crippen molar-refractivity contribution in [2.75, 3.05) is 11.5 Å². The number of hydrogen-bond acceptors (Lipinski definition) is 8. The number of nitrogens with one attached hydrogen (secondary N) is 1. The lowest BCUT2D eigenvalue weighted by atomic mass is 10.5. The molecular formula is C13H16N10O2. The third-order valence-corrected chi connectivity index (χ3v) is 3.47. The molecule has 5 N–H and O–H groups in total. The molecule has 0 radical (unpaired) electrons. The lowest BCUT2D eigenvalue weighted by Gasteiger charge is -2.02. The molecule has 0 amide bonds. The van der Waals surface area contributed by atoms with Gasteiger partial charge in [0.1, 0.15) is 0 Å². The van der Waals surface area contributed by atoms with Gasteiger partial charge in [-0.1, -0.05) is 4.98 Å². The molecule has 0 fully saturated rings. The predicted molar refractivity (Wildman–Crippen MR) is 87.1 cm³/mol. The zero-order chi connectivity index (χ0) is 18.3. The van der Waals surface area contributed by atoms with Crippen LogP contribution in [0.3, 0.4) is 0 Å². The second-order valence-corrected chi connectivity index (χ2v) is 5.38. The van der Waals surface area contributed by atoms with Crippen LogP contribution in [0, 0.1) is 0 Å². The highest BCUT2D eigenvalue weighted by Crippen LogP contribution is 2.15. The maximum atomic E-state index is 11.4. The number of imidazole rings is 2. The van der Waals surface area contributed by atoms with Crippen LogP contribution >= 0.6 is 0 Å². The first-order chi connectivity index (χ1) is 11.8. The van der Waals surface area contributed by atoms with E-state index >= 15 is 0 Å². The van der Waals surface area contributed by atoms with E-state index < -0.39 is 0 Å². The van der Waals surface area contributed by atoms with E-state index in [4.69, 9.17) is 11.5 Å². The Morgan fingerprint density at radius 3 is 2.64 bits per heavy atom. The Bertz CT molecular complexity index is 1140. The van der Waals surface area contributed by atoms with Crippen molar-refractivity contribution in [3.63, 3.8) is 0 Å². The fraction of sp³-hybridized carbons (Fsp3) is 0.231. The van der Waals surface area contributed by atoms with Crippen LogP contribution in [0.5, 0.6) is 5.88 Å². The van der Waals surface area contributed by atoms with Gasteiger partial charge >= 0.3 is 5.65 Å². The molecule has 12 nitrogen and oxygen atoms in total. The van der Waals surface area contributed by atoms with Gasteiger partial charge in [-0.3, -0.25) is 14.3 Å². The minimum Gasteiger partial charge on any atom is -0.856 e. The van der Waals surface area contributed by atoms with Gasteiger partial charge in [-0.2, -0.15) is 4.98 Å². The second kappa shape index (κ2) is 5.74. The summed E-state index contributed by atoms with van der Waals surface area (Å²) in [7, 11) is 5.32. The number of aryl methyl sites for hydroxylation is 3. The average molecular weight is 344 g/mol. The minimum absolute atomic E-state index is 0.0132. The molecule has 0 spiro atoms. The van der Waals surface area contributed by atoms with Gasteiger partial charge in [-0.05, 0) is 0 Å². The number of nitrogens with zero attached hydrogens (tertiary/aromatic N) is 7. The Hall–Kier alpha value is -3.70. The summed E-state index contributed by atoms with van der Waals surface area (Å²) in [6, 6.07) is 0. The summed E-state index contributed by atoms with van der Waals surface area (Å²) >= 11 is 0. The van der Waals surface area contributed by atoms with Crippen LogP contribution in [0.1, 0.15) is 0 Å². The fourth-order valence-corrected chi connectivity index (χ4v) is 2.40. The summed E-state index contributed by atoms with van der Waals surface area (Å²) in [4.78, 5) is 28.8. The maximum absolute atomic E-state index is 11.4. The predicted octanol–water partition coefficient (Wildman–Crippen LogP) is -2.31. The highest BCUT2D eigenvalue weighted by Gasteiger charge is 2.14. The third-order valence-electron chi connectivity index (χ3n) is 3.47. The molecule has 25 heavy (non-hydrogen) atoms. The van der Waals surface area contributed by atoms with Crippen molar-refractivity contribution in [2.24, 2.45) is 21.1 Å². The van der Waals surface area contributed by atoms with Gasteiger partial charge in [0.2, 0.25) is 5.95 Å². The quantitative estimate of drug-likeness (QED) is 0.298. The van der Waals surface area contributed by atoms with E-state index in [1.165, 1.54) is 6.33 Å². The third kappa shape index (κ3) is 2.80. The molecule has 0 bridgehead atoms. The van der Waals surface area contributed by atoms with Crippen molar-refractivity contribution in [1.29, 1.82) is 0 Å². The number of hydrogen-bond donors (Lipinski definition) is 3. The van der Waals surface area contributed by atoms with Crippen LogP contribution in [0.15, 0.2) is 17.4 Å². The van der Waals surface area contributed by atoms with Gasteiger partial charge in [0, 0.05) is 12.9 Å². The van der Waals surface area contributed by atoms with E-state index in [0.717, 1.165) is 0 Å². The normalized spacial score (nSPS) is 10.8. The molecule has 0 saturated carbocycles. The Labute approximate surface area is 140 Å². The molecule has 12 heteroatoms. The van der Waals surface area contributed by atoms with Crippen LogP contribution in [-0.2, 0) is 21.1 Å². The number of nitrogens with two attached hydrogens (primary N) is 2. The summed E-state index contributed by atoms with van der Waals surface area (Å²) in [5.41, 5.74) is 12.2. The molecule has 0 aliphatic rings. The van der Waals surface area contributed by atoms with E-state index in [-0.39, 0.29) is 23.3 Å². The maximum Gasteiger partial charge on any atom is 0.306 e. The van der Waals surface area contributed by atoms with Crippen LogP contribution in [-0.4, -0.2) is 34.1 Å². The molecule has 0 aliphatic carbocycles. The lowest BCUT2D eigenvalue weighted by Crippen LogP contribution is -2.26. The lowest BCUT2D eigenvalue weighted by molar-refractivity contribution is -0.647. The highest BCUT2D eigenvalue weighted by molar-refractivity contribution is 5.73. The van der Waals surface area contributed by atoms with Crippen LogP contribution in [0.4, 0.5) is 11.9 Å². The number of rotatable bonds is 0. The Balaban J connectivity index is 0.000000146. The molecule has 4 heterocycles. The monoisotopic (exact) mass is 344 g/mol. The van der Waals surface area contributed by atoms with Gasteiger partial charge in [0.05, 0.1) is 20.4 Å². The highest BCUT2D eigenvalue weighted by atomic mass is 16.3. The van der Waals surface area contributed by atoms with E-state index in [2.05, 4.69) is 24.9 Å². The molecule has 0 aliphatic heterocycles. The number of fused-ring (bicyclic) bond motifs is 2. The molecule has 4 aromatic heterocycles. The number of aromatic nitrogens is 8. The molecule has 0 atom stereocenters. The first kappa shape index (κ1) is 16.2.